The molecule has 0 aliphatic carbocycles. The summed E-state index contributed by atoms with van der Waals surface area (Å²) in [6.07, 6.45) is -71.3. The van der Waals surface area contributed by atoms with Gasteiger partial charge in [0.25, 0.3) is 11.2 Å². The molecule has 54 heavy (non-hydrogen) atoms. The van der Waals surface area contributed by atoms with Crippen LogP contribution in [-0.2, 0) is 20.7 Å². The molecule has 30 heteroatoms. The van der Waals surface area contributed by atoms with E-state index in [2.05, 4.69) is 9.47 Å². The molecule has 0 aliphatic heterocycles. The van der Waals surface area contributed by atoms with E-state index in [0.29, 0.717) is 0 Å². The van der Waals surface area contributed by atoms with Gasteiger partial charge in [0.1, 0.15) is 0 Å². The molecule has 4 nitrogen and oxygen atoms in total. The van der Waals surface area contributed by atoms with Gasteiger partial charge >= 0.3 is 60.7 Å². The van der Waals surface area contributed by atoms with Crippen LogP contribution in [0.2, 0.25) is 0 Å². The Kier molecular flexibility index (Phi) is 13.3. The van der Waals surface area contributed by atoms with Crippen molar-refractivity contribution >= 4 is 0 Å². The Balaban J connectivity index is 3.86. The first-order chi connectivity index (χ1) is 23.4. The van der Waals surface area contributed by atoms with Crippen molar-refractivity contribution in [2.45, 2.75) is 97.0 Å². The van der Waals surface area contributed by atoms with Gasteiger partial charge in [-0.15, -0.1) is 0 Å². The first-order valence-electron chi connectivity index (χ1n) is 13.1. The third-order valence-electron chi connectivity index (χ3n) is 7.11. The van der Waals surface area contributed by atoms with Crippen LogP contribution in [0.15, 0.2) is 24.3 Å². The van der Waals surface area contributed by atoms with Gasteiger partial charge in [-0.3, -0.25) is 0 Å². The number of aliphatic hydroxyl groups excluding tert-OH is 2. The summed E-state index contributed by atoms with van der Waals surface area (Å²) in [6, 6.07) is -3.95. The highest BCUT2D eigenvalue weighted by atomic mass is 19.5. The molecule has 0 radical (unpaired) electrons. The molecule has 0 bridgehead atoms. The number of halogens is 26. The van der Waals surface area contributed by atoms with E-state index in [1.165, 1.54) is 0 Å². The minimum Gasteiger partial charge on any atom is -0.391 e. The number of ether oxygens (including phenoxy) is 2. The normalized spacial score (nSPS) is 16.8. The van der Waals surface area contributed by atoms with Crippen LogP contribution in [-0.4, -0.2) is 96.4 Å². The van der Waals surface area contributed by atoms with Gasteiger partial charge in [-0.05, 0) is 0 Å². The van der Waals surface area contributed by atoms with E-state index >= 15 is 0 Å². The van der Waals surface area contributed by atoms with Crippen molar-refractivity contribution in [1.29, 1.82) is 0 Å². The van der Waals surface area contributed by atoms with Crippen LogP contribution in [0.5, 0.6) is 0 Å². The average Bonchev–Trinajstić information content (AvgIpc) is 2.88. The zero-order valence-electron chi connectivity index (χ0n) is 24.8. The van der Waals surface area contributed by atoms with E-state index < -0.39 is 146 Å². The molecule has 318 valence electrons. The molecule has 1 rings (SSSR count). The van der Waals surface area contributed by atoms with Crippen LogP contribution in [0.1, 0.15) is 24.0 Å². The minimum absolute atomic E-state index is 0.987. The van der Waals surface area contributed by atoms with E-state index in [1.807, 2.05) is 0 Å². The quantitative estimate of drug-likeness (QED) is 0.206. The highest BCUT2D eigenvalue weighted by Gasteiger charge is 2.77. The van der Waals surface area contributed by atoms with Gasteiger partial charge in [-0.2, -0.15) is 105 Å². The van der Waals surface area contributed by atoms with Crippen molar-refractivity contribution in [3.8, 4) is 0 Å². The predicted molar refractivity (Wildman–Crippen MR) is 119 cm³/mol. The fourth-order valence-electron chi connectivity index (χ4n) is 4.40. The van der Waals surface area contributed by atoms with Crippen LogP contribution in [0, 0.1) is 0 Å². The first-order valence-corrected chi connectivity index (χ1v) is 13.1. The lowest BCUT2D eigenvalue weighted by atomic mass is 9.86. The molecule has 2 unspecified atom stereocenters. The molecule has 0 amide bonds. The standard InChI is InChI=1S/C24H16F26O4/c25-13(17(27,28)29,18(30,31)32)5-11(51)7-53-15(21(39,40)41,22(42,43)44)9-1-2-10(4-3-9)16(23(45,46)47,24(48,49)50)54-8-12(52)6-14(26,19(33,34)35)20(36,37)38/h1-4,11-12,51-52H,5-8H2. The summed E-state index contributed by atoms with van der Waals surface area (Å²) >= 11 is 0. The molecular formula is C24H16F26O4. The molecule has 1 aromatic rings. The number of alkyl halides is 26. The molecule has 0 saturated heterocycles. The van der Waals surface area contributed by atoms with Crippen molar-refractivity contribution in [2.24, 2.45) is 0 Å². The maximum absolute atomic E-state index is 14.0. The molecule has 0 heterocycles. The zero-order chi connectivity index (χ0) is 43.4. The number of rotatable bonds is 12. The van der Waals surface area contributed by atoms with Gasteiger partial charge in [0.2, 0.25) is 0 Å². The highest BCUT2D eigenvalue weighted by Crippen LogP contribution is 2.57. The molecule has 0 spiro atoms. The van der Waals surface area contributed by atoms with E-state index in [4.69, 9.17) is 0 Å². The predicted octanol–water partition coefficient (Wildman–Crippen LogP) is 9.53. The maximum Gasteiger partial charge on any atom is 0.431 e. The van der Waals surface area contributed by atoms with Gasteiger partial charge in [0, 0.05) is 24.0 Å². The van der Waals surface area contributed by atoms with Gasteiger partial charge in [-0.25, -0.2) is 8.78 Å². The van der Waals surface area contributed by atoms with Crippen LogP contribution in [0.4, 0.5) is 114 Å². The Hall–Kier alpha value is -2.76. The second-order valence-corrected chi connectivity index (χ2v) is 10.9. The number of hydrogen-bond acceptors (Lipinski definition) is 4. The summed E-state index contributed by atoms with van der Waals surface area (Å²) in [5.41, 5.74) is -30.9. The van der Waals surface area contributed by atoms with Crippen molar-refractivity contribution in [3.05, 3.63) is 35.4 Å². The monoisotopic (exact) mass is 862 g/mol. The van der Waals surface area contributed by atoms with Crippen molar-refractivity contribution < 1.29 is 134 Å². The van der Waals surface area contributed by atoms with Crippen LogP contribution in [0.25, 0.3) is 0 Å². The van der Waals surface area contributed by atoms with Gasteiger partial charge in [0.05, 0.1) is 25.4 Å². The van der Waals surface area contributed by atoms with Gasteiger partial charge < -0.3 is 19.7 Å². The Morgan fingerprint density at radius 2 is 0.537 bits per heavy atom. The van der Waals surface area contributed by atoms with E-state index in [-0.39, 0.29) is 0 Å². The number of aliphatic hydroxyl groups is 2. The van der Waals surface area contributed by atoms with Crippen LogP contribution in [0.3, 0.4) is 0 Å². The van der Waals surface area contributed by atoms with Crippen molar-refractivity contribution in [2.75, 3.05) is 13.2 Å². The summed E-state index contributed by atoms with van der Waals surface area (Å²) in [5.74, 6) is 0. The van der Waals surface area contributed by atoms with Gasteiger partial charge in [0.15, 0.2) is 0 Å². The lowest BCUT2D eigenvalue weighted by Gasteiger charge is -2.40. The Morgan fingerprint density at radius 3 is 0.685 bits per heavy atom. The van der Waals surface area contributed by atoms with E-state index in [0.717, 1.165) is 0 Å². The van der Waals surface area contributed by atoms with Crippen LogP contribution < -0.4 is 0 Å². The molecule has 0 fully saturated rings. The number of benzene rings is 1. The number of hydrogen-bond donors (Lipinski definition) is 2. The molecule has 2 N–H and O–H groups in total. The first kappa shape index (κ1) is 49.3. The van der Waals surface area contributed by atoms with Gasteiger partial charge in [-0.1, -0.05) is 24.3 Å². The smallest absolute Gasteiger partial charge is 0.391 e. The third kappa shape index (κ3) is 8.94. The molecule has 0 saturated carbocycles. The Labute approximate surface area is 280 Å². The summed E-state index contributed by atoms with van der Waals surface area (Å²) in [7, 11) is 0. The maximum atomic E-state index is 14.0. The molecule has 0 aromatic heterocycles. The Bertz CT molecular complexity index is 1210. The summed E-state index contributed by atoms with van der Waals surface area (Å²) in [5, 5.41) is 18.8. The summed E-state index contributed by atoms with van der Waals surface area (Å²) < 4.78 is 355. The lowest BCUT2D eigenvalue weighted by Crippen LogP contribution is -2.59. The fourth-order valence-corrected chi connectivity index (χ4v) is 4.40. The molecule has 0 aliphatic rings. The van der Waals surface area contributed by atoms with Crippen LogP contribution >= 0.6 is 0 Å². The average molecular weight is 862 g/mol. The van der Waals surface area contributed by atoms with Crippen molar-refractivity contribution in [3.63, 3.8) is 0 Å². The van der Waals surface area contributed by atoms with Crippen molar-refractivity contribution in [1.82, 2.24) is 0 Å². The minimum atomic E-state index is -7.13. The third-order valence-corrected chi connectivity index (χ3v) is 7.11. The Morgan fingerprint density at radius 1 is 0.352 bits per heavy atom. The molecule has 2 atom stereocenters. The fraction of sp³-hybridized carbons (Fsp3) is 0.750. The molecular weight excluding hydrogens is 846 g/mol. The summed E-state index contributed by atoms with van der Waals surface area (Å²) in [4.78, 5) is 0. The van der Waals surface area contributed by atoms with E-state index in [1.54, 1.807) is 0 Å². The molecule has 1 aromatic carbocycles. The second kappa shape index (κ2) is 14.6. The summed E-state index contributed by atoms with van der Waals surface area (Å²) in [6.45, 7) is -5.97. The van der Waals surface area contributed by atoms with E-state index in [9.17, 15) is 124 Å². The zero-order valence-corrected chi connectivity index (χ0v) is 24.8. The lowest BCUT2D eigenvalue weighted by molar-refractivity contribution is -0.396. The second-order valence-electron chi connectivity index (χ2n) is 10.9. The highest BCUT2D eigenvalue weighted by molar-refractivity contribution is 5.35. The largest absolute Gasteiger partial charge is 0.431 e. The topological polar surface area (TPSA) is 58.9 Å². The SMILES string of the molecule is OC(COC(c1ccc(C(OCC(O)CC(F)(C(F)(F)F)C(F)(F)F)(C(F)(F)F)C(F)(F)F)cc1)(C(F)(F)F)C(F)(F)F)CC(F)(C(F)(F)F)C(F)(F)F.